The lowest BCUT2D eigenvalue weighted by Crippen LogP contribution is -2.55. The normalized spacial score (nSPS) is 19.1. The van der Waals surface area contributed by atoms with Crippen LogP contribution in [0.3, 0.4) is 0 Å². The van der Waals surface area contributed by atoms with Crippen molar-refractivity contribution in [3.05, 3.63) is 30.3 Å². The van der Waals surface area contributed by atoms with Crippen molar-refractivity contribution in [2.24, 2.45) is 0 Å². The van der Waals surface area contributed by atoms with Gasteiger partial charge in [-0.1, -0.05) is 18.2 Å². The summed E-state index contributed by atoms with van der Waals surface area (Å²) in [4.78, 5) is 33.3. The molecule has 0 radical (unpaired) electrons. The molecule has 0 unspecified atom stereocenters. The van der Waals surface area contributed by atoms with E-state index < -0.39 is 0 Å². The molecule has 0 aromatic heterocycles. The highest BCUT2D eigenvalue weighted by atomic mass is 16.2. The summed E-state index contributed by atoms with van der Waals surface area (Å²) >= 11 is 0. The summed E-state index contributed by atoms with van der Waals surface area (Å²) in [7, 11) is 0. The third-order valence-electron chi connectivity index (χ3n) is 5.39. The molecule has 7 nitrogen and oxygen atoms in total. The zero-order valence-corrected chi connectivity index (χ0v) is 17.1. The van der Waals surface area contributed by atoms with Crippen LogP contribution in [0.1, 0.15) is 13.8 Å². The van der Waals surface area contributed by atoms with Gasteiger partial charge in [-0.25, -0.2) is 0 Å². The van der Waals surface area contributed by atoms with Gasteiger partial charge in [0.25, 0.3) is 0 Å². The van der Waals surface area contributed by atoms with Crippen LogP contribution in [0.15, 0.2) is 30.3 Å². The second-order valence-corrected chi connectivity index (χ2v) is 7.98. The smallest absolute Gasteiger partial charge is 0.236 e. The monoisotopic (exact) mass is 387 g/mol. The van der Waals surface area contributed by atoms with Gasteiger partial charge in [0.1, 0.15) is 0 Å². The third-order valence-corrected chi connectivity index (χ3v) is 5.39. The fourth-order valence-corrected chi connectivity index (χ4v) is 3.82. The minimum absolute atomic E-state index is 0.0612. The number of carbonyl (C=O) groups excluding carboxylic acids is 2. The lowest BCUT2D eigenvalue weighted by Gasteiger charge is -2.38. The molecule has 2 aliphatic rings. The maximum absolute atomic E-state index is 12.7. The average molecular weight is 388 g/mol. The Hall–Kier alpha value is -2.12. The topological polar surface area (TPSA) is 59.1 Å². The molecule has 2 aliphatic heterocycles. The first-order valence-electron chi connectivity index (χ1n) is 10.3. The van der Waals surface area contributed by atoms with Crippen LogP contribution in [0, 0.1) is 0 Å². The van der Waals surface area contributed by atoms with Gasteiger partial charge in [-0.05, 0) is 26.0 Å². The van der Waals surface area contributed by atoms with Crippen molar-refractivity contribution >= 4 is 17.5 Å². The van der Waals surface area contributed by atoms with E-state index in [1.54, 1.807) is 0 Å². The van der Waals surface area contributed by atoms with Crippen molar-refractivity contribution in [2.75, 3.05) is 70.3 Å². The number of nitrogens with one attached hydrogen (secondary N) is 1. The van der Waals surface area contributed by atoms with Gasteiger partial charge in [-0.3, -0.25) is 19.4 Å². The predicted molar refractivity (Wildman–Crippen MR) is 111 cm³/mol. The van der Waals surface area contributed by atoms with Gasteiger partial charge in [0, 0.05) is 64.1 Å². The first-order valence-corrected chi connectivity index (χ1v) is 10.3. The predicted octanol–water partition coefficient (Wildman–Crippen LogP) is 0.477. The van der Waals surface area contributed by atoms with Crippen molar-refractivity contribution in [1.82, 2.24) is 20.0 Å². The summed E-state index contributed by atoms with van der Waals surface area (Å²) in [5, 5.41) is 2.92. The van der Waals surface area contributed by atoms with Crippen molar-refractivity contribution in [3.8, 4) is 0 Å². The van der Waals surface area contributed by atoms with Crippen molar-refractivity contribution in [1.29, 1.82) is 0 Å². The number of anilines is 1. The lowest BCUT2D eigenvalue weighted by atomic mass is 10.2. The van der Waals surface area contributed by atoms with E-state index in [2.05, 4.69) is 44.3 Å². The summed E-state index contributed by atoms with van der Waals surface area (Å²) < 4.78 is 0. The Morgan fingerprint density at radius 2 is 1.43 bits per heavy atom. The van der Waals surface area contributed by atoms with E-state index in [4.69, 9.17) is 0 Å². The molecule has 3 rings (SSSR count). The average Bonchev–Trinajstić information content (AvgIpc) is 2.69. The van der Waals surface area contributed by atoms with Gasteiger partial charge in [0.2, 0.25) is 11.8 Å². The van der Waals surface area contributed by atoms with Crippen LogP contribution in [-0.2, 0) is 9.59 Å². The molecule has 154 valence electrons. The standard InChI is InChI=1S/C21H33N5O2/c1-18(2)22-20(27)16-23-10-14-26(15-11-23)21(28)17-24-8-12-25(13-9-24)19-6-4-3-5-7-19/h3-7,18H,8-17H2,1-2H3,(H,22,27). The van der Waals surface area contributed by atoms with Crippen molar-refractivity contribution in [2.45, 2.75) is 19.9 Å². The maximum Gasteiger partial charge on any atom is 0.236 e. The summed E-state index contributed by atoms with van der Waals surface area (Å²) in [6, 6.07) is 10.6. The SMILES string of the molecule is CC(C)NC(=O)CN1CCN(C(=O)CN2CCN(c3ccccc3)CC2)CC1. The summed E-state index contributed by atoms with van der Waals surface area (Å²) in [5.74, 6) is 0.269. The third kappa shape index (κ3) is 5.94. The molecule has 0 bridgehead atoms. The van der Waals surface area contributed by atoms with Crippen LogP contribution >= 0.6 is 0 Å². The fraction of sp³-hybridized carbons (Fsp3) is 0.619. The molecular formula is C21H33N5O2. The Balaban J connectivity index is 1.36. The second-order valence-electron chi connectivity index (χ2n) is 7.98. The molecule has 2 fully saturated rings. The summed E-state index contributed by atoms with van der Waals surface area (Å²) in [5.41, 5.74) is 1.26. The van der Waals surface area contributed by atoms with E-state index in [1.165, 1.54) is 5.69 Å². The van der Waals surface area contributed by atoms with Crippen LogP contribution in [0.2, 0.25) is 0 Å². The van der Waals surface area contributed by atoms with Gasteiger partial charge < -0.3 is 15.1 Å². The van der Waals surface area contributed by atoms with Gasteiger partial charge in [-0.2, -0.15) is 0 Å². The van der Waals surface area contributed by atoms with E-state index in [9.17, 15) is 9.59 Å². The van der Waals surface area contributed by atoms with Crippen LogP contribution in [0.5, 0.6) is 0 Å². The Morgan fingerprint density at radius 1 is 0.857 bits per heavy atom. The van der Waals surface area contributed by atoms with E-state index in [-0.39, 0.29) is 17.9 Å². The summed E-state index contributed by atoms with van der Waals surface area (Å²) in [6.45, 7) is 11.5. The van der Waals surface area contributed by atoms with Crippen LogP contribution in [0.25, 0.3) is 0 Å². The first-order chi connectivity index (χ1) is 13.5. The van der Waals surface area contributed by atoms with Gasteiger partial charge in [0.15, 0.2) is 0 Å². The Kier molecular flexibility index (Phi) is 7.28. The molecule has 0 saturated carbocycles. The van der Waals surface area contributed by atoms with E-state index in [0.29, 0.717) is 26.2 Å². The van der Waals surface area contributed by atoms with Gasteiger partial charge in [0.05, 0.1) is 13.1 Å². The lowest BCUT2D eigenvalue weighted by molar-refractivity contribution is -0.134. The van der Waals surface area contributed by atoms with E-state index in [1.807, 2.05) is 24.8 Å². The number of hydrogen-bond donors (Lipinski definition) is 1. The molecule has 1 aromatic rings. The van der Waals surface area contributed by atoms with Gasteiger partial charge >= 0.3 is 0 Å². The molecule has 0 atom stereocenters. The molecule has 7 heteroatoms. The van der Waals surface area contributed by atoms with Crippen LogP contribution in [0.4, 0.5) is 5.69 Å². The number of benzene rings is 1. The van der Waals surface area contributed by atoms with Crippen molar-refractivity contribution < 1.29 is 9.59 Å². The number of para-hydroxylation sites is 1. The zero-order chi connectivity index (χ0) is 19.9. The number of rotatable bonds is 6. The Morgan fingerprint density at radius 3 is 2.04 bits per heavy atom. The van der Waals surface area contributed by atoms with Crippen molar-refractivity contribution in [3.63, 3.8) is 0 Å². The number of hydrogen-bond acceptors (Lipinski definition) is 5. The number of piperazine rings is 2. The quantitative estimate of drug-likeness (QED) is 0.769. The minimum Gasteiger partial charge on any atom is -0.369 e. The molecular weight excluding hydrogens is 354 g/mol. The summed E-state index contributed by atoms with van der Waals surface area (Å²) in [6.07, 6.45) is 0. The highest BCUT2D eigenvalue weighted by Crippen LogP contribution is 2.15. The van der Waals surface area contributed by atoms with Gasteiger partial charge in [-0.15, -0.1) is 0 Å². The highest BCUT2D eigenvalue weighted by molar-refractivity contribution is 5.79. The molecule has 1 N–H and O–H groups in total. The number of amides is 2. The molecule has 2 amide bonds. The largest absolute Gasteiger partial charge is 0.369 e. The molecule has 2 saturated heterocycles. The Bertz CT molecular complexity index is 635. The van der Waals surface area contributed by atoms with E-state index in [0.717, 1.165) is 39.3 Å². The molecule has 1 aromatic carbocycles. The molecule has 0 spiro atoms. The fourth-order valence-electron chi connectivity index (χ4n) is 3.82. The van der Waals surface area contributed by atoms with Crippen LogP contribution in [-0.4, -0.2) is 98.0 Å². The first kappa shape index (κ1) is 20.6. The number of nitrogens with zero attached hydrogens (tertiary/aromatic N) is 4. The van der Waals surface area contributed by atoms with Crippen LogP contribution < -0.4 is 10.2 Å². The maximum atomic E-state index is 12.7. The molecule has 28 heavy (non-hydrogen) atoms. The highest BCUT2D eigenvalue weighted by Gasteiger charge is 2.25. The minimum atomic E-state index is 0.0612. The number of carbonyl (C=O) groups is 2. The molecule has 2 heterocycles. The molecule has 0 aliphatic carbocycles. The second kappa shape index (κ2) is 9.89. The van der Waals surface area contributed by atoms with E-state index >= 15 is 0 Å². The zero-order valence-electron chi connectivity index (χ0n) is 17.1. The Labute approximate surface area is 168 Å².